The molecule has 0 saturated heterocycles. The van der Waals surface area contributed by atoms with Crippen LogP contribution in [-0.4, -0.2) is 41.2 Å². The van der Waals surface area contributed by atoms with E-state index in [9.17, 15) is 0 Å². The van der Waals surface area contributed by atoms with Crippen molar-refractivity contribution in [3.8, 4) is 0 Å². The average Bonchev–Trinajstić information content (AvgIpc) is 2.17. The molecule has 0 spiro atoms. The molecule has 0 saturated carbocycles. The van der Waals surface area contributed by atoms with Crippen LogP contribution >= 0.6 is 0 Å². The van der Waals surface area contributed by atoms with Crippen molar-refractivity contribution >= 4 is 6.01 Å². The van der Waals surface area contributed by atoms with Crippen molar-refractivity contribution in [3.05, 3.63) is 0 Å². The highest BCUT2D eigenvalue weighted by Crippen LogP contribution is 1.98. The number of hydrogen-bond donors (Lipinski definition) is 0. The molecule has 0 aliphatic rings. The highest BCUT2D eigenvalue weighted by Gasteiger charge is 2.02. The van der Waals surface area contributed by atoms with E-state index < -0.39 is 0 Å². The standard InChI is InChI=1S/C11H24N4/c1-7-14(10(3)4)12-9-13-15(8-2)11(5)6/h10-11H,7-8H2,1-6H3. The van der Waals surface area contributed by atoms with E-state index >= 15 is 0 Å². The Bertz CT molecular complexity index is 197. The van der Waals surface area contributed by atoms with Gasteiger partial charge < -0.3 is 0 Å². The molecule has 4 heteroatoms. The Labute approximate surface area is 93.6 Å². The first kappa shape index (κ1) is 14.0. The molecule has 0 aliphatic heterocycles. The summed E-state index contributed by atoms with van der Waals surface area (Å²) in [7, 11) is 0. The molecule has 0 aromatic carbocycles. The smallest absolute Gasteiger partial charge is 0.139 e. The molecule has 15 heavy (non-hydrogen) atoms. The van der Waals surface area contributed by atoms with Crippen molar-refractivity contribution in [2.24, 2.45) is 10.2 Å². The van der Waals surface area contributed by atoms with E-state index in [0.29, 0.717) is 12.1 Å². The Morgan fingerprint density at radius 1 is 0.867 bits per heavy atom. The Morgan fingerprint density at radius 2 is 1.20 bits per heavy atom. The molecule has 88 valence electrons. The number of hydrazone groups is 2. The minimum Gasteiger partial charge on any atom is -0.285 e. The second-order valence-electron chi connectivity index (χ2n) is 4.00. The molecule has 0 aromatic heterocycles. The minimum absolute atomic E-state index is 0.395. The van der Waals surface area contributed by atoms with Crippen LogP contribution in [0.5, 0.6) is 0 Å². The van der Waals surface area contributed by atoms with Crippen LogP contribution in [0.2, 0.25) is 0 Å². The largest absolute Gasteiger partial charge is 0.285 e. The van der Waals surface area contributed by atoms with Crippen LogP contribution in [0, 0.1) is 0 Å². The van der Waals surface area contributed by atoms with Gasteiger partial charge in [-0.05, 0) is 41.5 Å². The lowest BCUT2D eigenvalue weighted by Gasteiger charge is -2.20. The third-order valence-corrected chi connectivity index (χ3v) is 2.19. The molecule has 0 aromatic rings. The highest BCUT2D eigenvalue weighted by molar-refractivity contribution is 5.40. The average molecular weight is 212 g/mol. The first-order valence-corrected chi connectivity index (χ1v) is 5.72. The summed E-state index contributed by atoms with van der Waals surface area (Å²) in [5.74, 6) is 0. The van der Waals surface area contributed by atoms with Gasteiger partial charge in [-0.3, -0.25) is 10.0 Å². The van der Waals surface area contributed by atoms with Crippen LogP contribution in [0.1, 0.15) is 41.5 Å². The zero-order valence-corrected chi connectivity index (χ0v) is 10.9. The number of nitrogens with zero attached hydrogens (tertiary/aromatic N) is 4. The maximum absolute atomic E-state index is 4.19. The molecule has 4 nitrogen and oxygen atoms in total. The van der Waals surface area contributed by atoms with Crippen molar-refractivity contribution < 1.29 is 0 Å². The first-order chi connectivity index (χ1) is 7.02. The summed E-state index contributed by atoms with van der Waals surface area (Å²) in [5.41, 5.74) is 0. The van der Waals surface area contributed by atoms with Crippen LogP contribution in [0.25, 0.3) is 0 Å². The molecule has 0 radical (unpaired) electrons. The van der Waals surface area contributed by atoms with Crippen molar-refractivity contribution in [2.45, 2.75) is 53.6 Å². The summed E-state index contributed by atoms with van der Waals surface area (Å²) in [5, 5.41) is 12.3. The molecular formula is C11H24N4. The summed E-state index contributed by atoms with van der Waals surface area (Å²) < 4.78 is 0. The molecule has 0 rings (SSSR count). The van der Waals surface area contributed by atoms with Crippen molar-refractivity contribution in [3.63, 3.8) is 0 Å². The van der Waals surface area contributed by atoms with E-state index in [4.69, 9.17) is 0 Å². The van der Waals surface area contributed by atoms with E-state index in [0.717, 1.165) is 13.1 Å². The Kier molecular flexibility index (Phi) is 6.80. The van der Waals surface area contributed by atoms with Gasteiger partial charge in [0.15, 0.2) is 0 Å². The summed E-state index contributed by atoms with van der Waals surface area (Å²) >= 11 is 0. The number of rotatable bonds is 6. The van der Waals surface area contributed by atoms with E-state index in [-0.39, 0.29) is 0 Å². The van der Waals surface area contributed by atoms with E-state index in [1.54, 1.807) is 0 Å². The molecule has 0 fully saturated rings. The Morgan fingerprint density at radius 3 is 1.40 bits per heavy atom. The van der Waals surface area contributed by atoms with Gasteiger partial charge in [-0.2, -0.15) is 0 Å². The van der Waals surface area contributed by atoms with E-state index in [1.165, 1.54) is 0 Å². The Balaban J connectivity index is 4.40. The lowest BCUT2D eigenvalue weighted by molar-refractivity contribution is 0.236. The zero-order chi connectivity index (χ0) is 11.8. The van der Waals surface area contributed by atoms with Crippen LogP contribution < -0.4 is 0 Å². The molecule has 0 aliphatic carbocycles. The molecular weight excluding hydrogens is 188 g/mol. The fraction of sp³-hybridized carbons (Fsp3) is 0.909. The summed E-state index contributed by atoms with van der Waals surface area (Å²) in [6, 6.07) is 3.54. The zero-order valence-electron chi connectivity index (χ0n) is 10.9. The highest BCUT2D eigenvalue weighted by atomic mass is 15.5. The second kappa shape index (κ2) is 7.30. The molecule has 0 N–H and O–H groups in total. The predicted octanol–water partition coefficient (Wildman–Crippen LogP) is 2.45. The van der Waals surface area contributed by atoms with Gasteiger partial charge in [0.25, 0.3) is 0 Å². The topological polar surface area (TPSA) is 31.2 Å². The normalized spacial score (nSPS) is 10.1. The van der Waals surface area contributed by atoms with Crippen LogP contribution in [0.3, 0.4) is 0 Å². The quantitative estimate of drug-likeness (QED) is 0.500. The fourth-order valence-electron chi connectivity index (χ4n) is 1.24. The summed E-state index contributed by atoms with van der Waals surface area (Å²) in [6.07, 6.45) is 0. The van der Waals surface area contributed by atoms with Crippen molar-refractivity contribution in [1.82, 2.24) is 10.0 Å². The van der Waals surface area contributed by atoms with Gasteiger partial charge in [-0.15, -0.1) is 10.2 Å². The van der Waals surface area contributed by atoms with Gasteiger partial charge in [-0.1, -0.05) is 0 Å². The van der Waals surface area contributed by atoms with Crippen LogP contribution in [-0.2, 0) is 0 Å². The van der Waals surface area contributed by atoms with Crippen LogP contribution in [0.4, 0.5) is 0 Å². The van der Waals surface area contributed by atoms with Gasteiger partial charge in [0.05, 0.1) is 0 Å². The van der Waals surface area contributed by atoms with Gasteiger partial charge in [0.1, 0.15) is 6.01 Å². The molecule has 0 unspecified atom stereocenters. The molecule has 0 heterocycles. The van der Waals surface area contributed by atoms with Crippen molar-refractivity contribution in [2.75, 3.05) is 13.1 Å². The minimum atomic E-state index is 0.395. The van der Waals surface area contributed by atoms with Gasteiger partial charge in [0, 0.05) is 25.2 Å². The lowest BCUT2D eigenvalue weighted by Crippen LogP contribution is -2.26. The van der Waals surface area contributed by atoms with E-state index in [1.807, 2.05) is 10.0 Å². The first-order valence-electron chi connectivity index (χ1n) is 5.72. The van der Waals surface area contributed by atoms with Gasteiger partial charge in [-0.25, -0.2) is 0 Å². The molecule has 0 atom stereocenters. The monoisotopic (exact) mass is 212 g/mol. The lowest BCUT2D eigenvalue weighted by atomic mass is 10.4. The maximum Gasteiger partial charge on any atom is 0.139 e. The number of hydrogen-bond acceptors (Lipinski definition) is 4. The fourth-order valence-corrected chi connectivity index (χ4v) is 1.24. The van der Waals surface area contributed by atoms with Crippen LogP contribution in [0.15, 0.2) is 10.2 Å². The van der Waals surface area contributed by atoms with Gasteiger partial charge >= 0.3 is 0 Å². The SMILES string of the molecule is CCN(N=C=NN(CC)C(C)C)C(C)C. The predicted molar refractivity (Wildman–Crippen MR) is 64.9 cm³/mol. The van der Waals surface area contributed by atoms with E-state index in [2.05, 4.69) is 57.8 Å². The third-order valence-electron chi connectivity index (χ3n) is 2.19. The second-order valence-corrected chi connectivity index (χ2v) is 4.00. The third kappa shape index (κ3) is 5.43. The maximum atomic E-state index is 4.19. The summed E-state index contributed by atoms with van der Waals surface area (Å²) in [4.78, 5) is 0. The van der Waals surface area contributed by atoms with Gasteiger partial charge in [0.2, 0.25) is 0 Å². The Hall–Kier alpha value is -1.02. The summed E-state index contributed by atoms with van der Waals surface area (Å²) in [6.45, 7) is 14.3. The molecule has 0 amide bonds. The molecule has 0 bridgehead atoms. The van der Waals surface area contributed by atoms with Crippen molar-refractivity contribution in [1.29, 1.82) is 0 Å².